The van der Waals surface area contributed by atoms with Crippen LogP contribution in [-0.4, -0.2) is 48.6 Å². The van der Waals surface area contributed by atoms with Crippen molar-refractivity contribution in [3.05, 3.63) is 119 Å². The van der Waals surface area contributed by atoms with Crippen LogP contribution in [0.3, 0.4) is 0 Å². The number of allylic oxidation sites excluding steroid dienone is 1. The maximum Gasteiger partial charge on any atom is 0.264 e. The fourth-order valence-electron chi connectivity index (χ4n) is 5.93. The molecule has 1 aliphatic heterocycles. The Bertz CT molecular complexity index is 1900. The van der Waals surface area contributed by atoms with Gasteiger partial charge in [-0.3, -0.25) is 14.3 Å². The number of carbonyl (C=O) groups excluding carboxylic acids is 2. The number of amides is 2. The lowest BCUT2D eigenvalue weighted by Gasteiger charge is -2.27. The number of benzene rings is 3. The van der Waals surface area contributed by atoms with Crippen molar-refractivity contribution in [2.75, 3.05) is 16.8 Å². The molecule has 236 valence electrons. The summed E-state index contributed by atoms with van der Waals surface area (Å²) >= 11 is 6.34. The van der Waals surface area contributed by atoms with Gasteiger partial charge in [0.05, 0.1) is 24.3 Å². The van der Waals surface area contributed by atoms with Crippen LogP contribution in [0.2, 0.25) is 5.02 Å². The van der Waals surface area contributed by atoms with E-state index in [9.17, 15) is 14.7 Å². The maximum absolute atomic E-state index is 13.9. The smallest absolute Gasteiger partial charge is 0.264 e. The van der Waals surface area contributed by atoms with E-state index in [4.69, 9.17) is 16.7 Å². The van der Waals surface area contributed by atoms with Gasteiger partial charge in [-0.15, -0.1) is 5.10 Å². The van der Waals surface area contributed by atoms with Crippen LogP contribution in [0.5, 0.6) is 0 Å². The maximum atomic E-state index is 13.9. The molecular weight excluding hydrogens is 604 g/mol. The molecular formula is C35H35ClN6O4. The predicted molar refractivity (Wildman–Crippen MR) is 177 cm³/mol. The van der Waals surface area contributed by atoms with Crippen LogP contribution in [0.15, 0.2) is 91.3 Å². The molecule has 5 aromatic rings. The first-order valence-corrected chi connectivity index (χ1v) is 15.6. The lowest BCUT2D eigenvalue weighted by atomic mass is 9.83. The number of aromatic nitrogens is 4. The van der Waals surface area contributed by atoms with Gasteiger partial charge in [0.1, 0.15) is 0 Å². The van der Waals surface area contributed by atoms with Gasteiger partial charge in [0.2, 0.25) is 5.91 Å². The van der Waals surface area contributed by atoms with Crippen LogP contribution < -0.4 is 10.2 Å². The molecule has 11 heteroatoms. The van der Waals surface area contributed by atoms with E-state index in [0.29, 0.717) is 41.3 Å². The van der Waals surface area contributed by atoms with Crippen molar-refractivity contribution in [1.29, 1.82) is 0 Å². The van der Waals surface area contributed by atoms with Crippen molar-refractivity contribution in [2.45, 2.75) is 44.9 Å². The minimum Gasteiger partial charge on any atom is -0.396 e. The fraction of sp³-hybridized carbons (Fsp3) is 0.257. The predicted octanol–water partition coefficient (Wildman–Crippen LogP) is 5.15. The van der Waals surface area contributed by atoms with Crippen LogP contribution in [0.25, 0.3) is 10.9 Å². The Kier molecular flexibility index (Phi) is 9.03. The molecule has 0 unspecified atom stereocenters. The molecule has 2 aromatic heterocycles. The molecule has 3 aromatic carbocycles. The summed E-state index contributed by atoms with van der Waals surface area (Å²) in [5, 5.41) is 33.5. The molecule has 0 bridgehead atoms. The van der Waals surface area contributed by atoms with Crippen LogP contribution >= 0.6 is 11.6 Å². The highest BCUT2D eigenvalue weighted by Gasteiger charge is 2.52. The van der Waals surface area contributed by atoms with Gasteiger partial charge in [-0.05, 0) is 53.9 Å². The second-order valence-corrected chi connectivity index (χ2v) is 12.0. The number of fused-ring (bicyclic) bond motifs is 2. The third-order valence-corrected chi connectivity index (χ3v) is 8.63. The molecule has 3 heterocycles. The Hall–Kier alpha value is -4.77. The number of hydrogen-bond donors (Lipinski definition) is 4. The first-order valence-electron chi connectivity index (χ1n) is 15.2. The van der Waals surface area contributed by atoms with E-state index < -0.39 is 17.4 Å². The number of halogens is 1. The Balaban J connectivity index is 1.12. The Morgan fingerprint density at radius 2 is 1.96 bits per heavy atom. The highest BCUT2D eigenvalue weighted by atomic mass is 35.5. The Morgan fingerprint density at radius 1 is 1.15 bits per heavy atom. The molecule has 4 N–H and O–H groups in total. The first-order chi connectivity index (χ1) is 22.3. The molecule has 2 atom stereocenters. The molecule has 10 nitrogen and oxygen atoms in total. The molecule has 0 radical (unpaired) electrons. The highest BCUT2D eigenvalue weighted by Crippen LogP contribution is 2.46. The molecule has 0 spiro atoms. The molecule has 46 heavy (non-hydrogen) atoms. The zero-order valence-corrected chi connectivity index (χ0v) is 26.1. The van der Waals surface area contributed by atoms with Crippen molar-refractivity contribution in [2.24, 2.45) is 5.92 Å². The monoisotopic (exact) mass is 638 g/mol. The number of anilines is 2. The highest BCUT2D eigenvalue weighted by molar-refractivity contribution is 6.31. The van der Waals surface area contributed by atoms with Gasteiger partial charge >= 0.3 is 0 Å². The van der Waals surface area contributed by atoms with E-state index in [2.05, 4.69) is 20.6 Å². The van der Waals surface area contributed by atoms with E-state index >= 15 is 0 Å². The number of H-pyrrole nitrogens is 1. The van der Waals surface area contributed by atoms with Crippen LogP contribution in [0.1, 0.15) is 35.7 Å². The number of nitrogens with one attached hydrogen (secondary N) is 2. The molecule has 0 aliphatic carbocycles. The zero-order chi connectivity index (χ0) is 32.3. The van der Waals surface area contributed by atoms with Gasteiger partial charge in [0.15, 0.2) is 5.60 Å². The average molecular weight is 639 g/mol. The fourth-order valence-corrected chi connectivity index (χ4v) is 6.10. The zero-order valence-electron chi connectivity index (χ0n) is 25.4. The van der Waals surface area contributed by atoms with Gasteiger partial charge in [0.25, 0.3) is 5.91 Å². The summed E-state index contributed by atoms with van der Waals surface area (Å²) in [6, 6.07) is 20.3. The number of hydrogen-bond acceptors (Lipinski definition) is 6. The lowest BCUT2D eigenvalue weighted by molar-refractivity contribution is -0.139. The summed E-state index contributed by atoms with van der Waals surface area (Å²) in [4.78, 5) is 31.5. The van der Waals surface area contributed by atoms with E-state index in [1.54, 1.807) is 34.0 Å². The lowest BCUT2D eigenvalue weighted by Crippen LogP contribution is -2.44. The summed E-state index contributed by atoms with van der Waals surface area (Å²) in [6.45, 7) is 2.63. The van der Waals surface area contributed by atoms with Crippen molar-refractivity contribution >= 4 is 45.7 Å². The number of carbonyl (C=O) groups is 2. The van der Waals surface area contributed by atoms with Crippen molar-refractivity contribution in [3.8, 4) is 0 Å². The first kappa shape index (κ1) is 31.2. The largest absolute Gasteiger partial charge is 0.396 e. The van der Waals surface area contributed by atoms with E-state index in [-0.39, 0.29) is 25.5 Å². The van der Waals surface area contributed by atoms with Crippen LogP contribution in [0, 0.1) is 5.92 Å². The Morgan fingerprint density at radius 3 is 2.76 bits per heavy atom. The van der Waals surface area contributed by atoms with Gasteiger partial charge in [-0.2, -0.15) is 0 Å². The van der Waals surface area contributed by atoms with Gasteiger partial charge in [-0.25, -0.2) is 0 Å². The molecule has 6 rings (SSSR count). The molecule has 0 fully saturated rings. The van der Waals surface area contributed by atoms with E-state index in [1.165, 1.54) is 0 Å². The van der Waals surface area contributed by atoms with Gasteiger partial charge < -0.3 is 25.4 Å². The number of aliphatic hydroxyl groups excluding tert-OH is 1. The summed E-state index contributed by atoms with van der Waals surface area (Å²) in [5.41, 5.74) is 3.40. The topological polar surface area (TPSA) is 136 Å². The standard InChI is InChI=1S/C35H35ClN6O4/c1-23(6-4-5-16-41-22-28(15-17-43)39-40-41)35(46)30-19-26(36)11-14-32(30)42(34(35)45)21-24-9-12-27(13-10-24)38-33(44)18-25-20-37-31-8-3-2-7-29(25)31/h2-4,6-14,19-20,22-23,37,43,46H,5,15-18,21H2,1H3,(H,38,44)/b6-4+/t23-,35+/m0/s1. The summed E-state index contributed by atoms with van der Waals surface area (Å²) < 4.78 is 1.70. The van der Waals surface area contributed by atoms with Crippen molar-refractivity contribution < 1.29 is 19.8 Å². The number of nitrogens with zero attached hydrogens (tertiary/aromatic N) is 4. The third kappa shape index (κ3) is 6.32. The number of aryl methyl sites for hydroxylation is 1. The molecule has 0 saturated carbocycles. The molecule has 1 aliphatic rings. The number of aliphatic hydroxyl groups is 2. The third-order valence-electron chi connectivity index (χ3n) is 8.40. The SMILES string of the molecule is C[C@@H](/C=C/CCn1cc(CCO)nn1)[C@]1(O)C(=O)N(Cc2ccc(NC(=O)Cc3c[nH]c4ccccc34)cc2)c2ccc(Cl)cc21. The van der Waals surface area contributed by atoms with Crippen molar-refractivity contribution in [1.82, 2.24) is 20.0 Å². The second kappa shape index (κ2) is 13.3. The summed E-state index contributed by atoms with van der Waals surface area (Å²) in [7, 11) is 0. The van der Waals surface area contributed by atoms with Crippen LogP contribution in [-0.2, 0) is 41.1 Å². The van der Waals surface area contributed by atoms with Crippen LogP contribution in [0.4, 0.5) is 11.4 Å². The number of rotatable bonds is 12. The van der Waals surface area contributed by atoms with Crippen molar-refractivity contribution in [3.63, 3.8) is 0 Å². The summed E-state index contributed by atoms with van der Waals surface area (Å²) in [5.74, 6) is -1.10. The molecule has 2 amide bonds. The van der Waals surface area contributed by atoms with Gasteiger partial charge in [-0.1, -0.05) is 66.2 Å². The molecule has 0 saturated heterocycles. The number of aromatic amines is 1. The minimum atomic E-state index is -1.80. The second-order valence-electron chi connectivity index (χ2n) is 11.6. The average Bonchev–Trinajstić information content (AvgIpc) is 3.73. The normalized spacial score (nSPS) is 16.8. The quantitative estimate of drug-likeness (QED) is 0.140. The summed E-state index contributed by atoms with van der Waals surface area (Å²) in [6.07, 6.45) is 8.72. The van der Waals surface area contributed by atoms with E-state index in [1.807, 2.05) is 73.8 Å². The Labute approximate surface area is 271 Å². The van der Waals surface area contributed by atoms with E-state index in [0.717, 1.165) is 27.7 Å². The minimum absolute atomic E-state index is 0.0157. The van der Waals surface area contributed by atoms with Gasteiger partial charge in [0, 0.05) is 65.1 Å². The number of para-hydroxylation sites is 1.